The third-order valence-electron chi connectivity index (χ3n) is 5.13. The number of anilines is 2. The van der Waals surface area contributed by atoms with Gasteiger partial charge < -0.3 is 9.72 Å². The Balaban J connectivity index is 1.36. The largest absolute Gasteiger partial charge is 0.324 e. The van der Waals surface area contributed by atoms with Crippen LogP contribution in [0.2, 0.25) is 0 Å². The fourth-order valence-corrected chi connectivity index (χ4v) is 3.73. The van der Waals surface area contributed by atoms with Crippen LogP contribution in [-0.2, 0) is 6.54 Å². The molecule has 5 rings (SSSR count). The summed E-state index contributed by atoms with van der Waals surface area (Å²) in [6.07, 6.45) is 12.2. The van der Waals surface area contributed by atoms with Gasteiger partial charge in [0, 0.05) is 36.9 Å². The summed E-state index contributed by atoms with van der Waals surface area (Å²) in [7, 11) is 0. The quantitative estimate of drug-likeness (QED) is 0.572. The first-order chi connectivity index (χ1) is 13.8. The van der Waals surface area contributed by atoms with Gasteiger partial charge in [-0.1, -0.05) is 6.07 Å². The summed E-state index contributed by atoms with van der Waals surface area (Å²) in [4.78, 5) is 15.8. The van der Waals surface area contributed by atoms with E-state index in [9.17, 15) is 0 Å². The van der Waals surface area contributed by atoms with Gasteiger partial charge in [-0.05, 0) is 67.4 Å². The predicted molar refractivity (Wildman–Crippen MR) is 110 cm³/mol. The highest BCUT2D eigenvalue weighted by Gasteiger charge is 2.12. The molecule has 0 saturated carbocycles. The average molecular weight is 370 g/mol. The van der Waals surface area contributed by atoms with Gasteiger partial charge in [0.15, 0.2) is 5.82 Å². The Morgan fingerprint density at radius 2 is 1.86 bits per heavy atom. The van der Waals surface area contributed by atoms with Crippen molar-refractivity contribution < 1.29 is 0 Å². The van der Waals surface area contributed by atoms with E-state index in [0.29, 0.717) is 0 Å². The molecule has 4 aromatic heterocycles. The number of nitrogens with one attached hydrogen (secondary N) is 1. The predicted octanol–water partition coefficient (Wildman–Crippen LogP) is 4.13. The molecule has 6 nitrogen and oxygen atoms in total. The summed E-state index contributed by atoms with van der Waals surface area (Å²) in [5.74, 6) is 1.61. The highest BCUT2D eigenvalue weighted by molar-refractivity contribution is 5.65. The van der Waals surface area contributed by atoms with Crippen molar-refractivity contribution in [2.75, 3.05) is 18.4 Å². The molecule has 0 atom stereocenters. The van der Waals surface area contributed by atoms with Crippen molar-refractivity contribution in [3.05, 3.63) is 72.9 Å². The average Bonchev–Trinajstić information content (AvgIpc) is 3.37. The fourth-order valence-electron chi connectivity index (χ4n) is 3.73. The first-order valence-electron chi connectivity index (χ1n) is 9.67. The summed E-state index contributed by atoms with van der Waals surface area (Å²) in [6.45, 7) is 3.37. The summed E-state index contributed by atoms with van der Waals surface area (Å²) in [5.41, 5.74) is 4.37. The van der Waals surface area contributed by atoms with Crippen molar-refractivity contribution in [3.8, 4) is 11.1 Å². The third-order valence-corrected chi connectivity index (χ3v) is 5.13. The molecule has 4 aromatic rings. The van der Waals surface area contributed by atoms with Crippen molar-refractivity contribution in [1.29, 1.82) is 0 Å². The van der Waals surface area contributed by atoms with Crippen LogP contribution in [0, 0.1) is 0 Å². The van der Waals surface area contributed by atoms with Crippen molar-refractivity contribution in [3.63, 3.8) is 0 Å². The number of imidazole rings is 1. The Bertz CT molecular complexity index is 1080. The van der Waals surface area contributed by atoms with Crippen LogP contribution in [0.1, 0.15) is 18.4 Å². The van der Waals surface area contributed by atoms with Gasteiger partial charge >= 0.3 is 0 Å². The number of nitrogens with zero attached hydrogens (tertiary/aromatic N) is 5. The molecule has 0 unspecified atom stereocenters. The number of rotatable bonds is 5. The summed E-state index contributed by atoms with van der Waals surface area (Å²) < 4.78 is 2.03. The lowest BCUT2D eigenvalue weighted by molar-refractivity contribution is 0.331. The molecule has 0 aliphatic carbocycles. The van der Waals surface area contributed by atoms with Gasteiger partial charge in [0.2, 0.25) is 0 Å². The van der Waals surface area contributed by atoms with Crippen LogP contribution in [0.15, 0.2) is 67.4 Å². The maximum absolute atomic E-state index is 4.66. The topological polar surface area (TPSA) is 58.4 Å². The van der Waals surface area contributed by atoms with Crippen molar-refractivity contribution in [2.24, 2.45) is 0 Å². The van der Waals surface area contributed by atoms with Crippen LogP contribution in [0.25, 0.3) is 16.8 Å². The zero-order chi connectivity index (χ0) is 18.8. The number of hydrogen-bond acceptors (Lipinski definition) is 5. The molecule has 1 aliphatic heterocycles. The minimum Gasteiger partial charge on any atom is -0.324 e. The molecule has 0 spiro atoms. The molecule has 1 saturated heterocycles. The number of hydrogen-bond donors (Lipinski definition) is 1. The van der Waals surface area contributed by atoms with Gasteiger partial charge in [-0.15, -0.1) is 0 Å². The Labute approximate surface area is 163 Å². The zero-order valence-electron chi connectivity index (χ0n) is 15.6. The zero-order valence-corrected chi connectivity index (χ0v) is 15.6. The Kier molecular flexibility index (Phi) is 4.47. The fraction of sp³-hybridized carbons (Fsp3) is 0.227. The summed E-state index contributed by atoms with van der Waals surface area (Å²) in [5, 5.41) is 3.34. The lowest BCUT2D eigenvalue weighted by Gasteiger charge is -2.14. The van der Waals surface area contributed by atoms with Gasteiger partial charge in [0.05, 0.1) is 6.20 Å². The minimum atomic E-state index is 0.786. The first-order valence-corrected chi connectivity index (χ1v) is 9.67. The Morgan fingerprint density at radius 3 is 2.71 bits per heavy atom. The van der Waals surface area contributed by atoms with Gasteiger partial charge in [-0.3, -0.25) is 9.88 Å². The molecule has 1 aliphatic rings. The van der Waals surface area contributed by atoms with E-state index in [0.717, 1.165) is 35.0 Å². The summed E-state index contributed by atoms with van der Waals surface area (Å²) >= 11 is 0. The molecular weight excluding hydrogens is 348 g/mol. The van der Waals surface area contributed by atoms with E-state index in [1.54, 1.807) is 6.20 Å². The molecule has 1 fully saturated rings. The standard InChI is InChI=1S/C22H22N6/c1-2-11-27(10-1)14-17-7-9-24-20(12-17)25-21-16-28-15-19(5-6-22(28)26-21)18-4-3-8-23-13-18/h3-9,12-13,15-16H,1-2,10-11,14H2,(H,24,25). The normalized spacial score (nSPS) is 14.6. The second-order valence-electron chi connectivity index (χ2n) is 7.21. The molecule has 6 heteroatoms. The highest BCUT2D eigenvalue weighted by atomic mass is 15.1. The van der Waals surface area contributed by atoms with Crippen LogP contribution in [-0.4, -0.2) is 37.3 Å². The van der Waals surface area contributed by atoms with Gasteiger partial charge in [0.1, 0.15) is 11.5 Å². The number of likely N-dealkylation sites (tertiary alicyclic amines) is 1. The second-order valence-corrected chi connectivity index (χ2v) is 7.21. The van der Waals surface area contributed by atoms with Crippen LogP contribution < -0.4 is 5.32 Å². The van der Waals surface area contributed by atoms with Gasteiger partial charge in [-0.25, -0.2) is 9.97 Å². The Morgan fingerprint density at radius 1 is 0.929 bits per heavy atom. The van der Waals surface area contributed by atoms with E-state index in [1.165, 1.54) is 31.5 Å². The van der Waals surface area contributed by atoms with Crippen LogP contribution in [0.4, 0.5) is 11.6 Å². The molecule has 0 amide bonds. The second kappa shape index (κ2) is 7.40. The number of pyridine rings is 3. The lowest BCUT2D eigenvalue weighted by atomic mass is 10.1. The number of aromatic nitrogens is 4. The molecule has 140 valence electrons. The van der Waals surface area contributed by atoms with E-state index < -0.39 is 0 Å². The maximum Gasteiger partial charge on any atom is 0.150 e. The van der Waals surface area contributed by atoms with Gasteiger partial charge in [-0.2, -0.15) is 0 Å². The van der Waals surface area contributed by atoms with E-state index in [2.05, 4.69) is 55.6 Å². The van der Waals surface area contributed by atoms with Crippen LogP contribution in [0.5, 0.6) is 0 Å². The monoisotopic (exact) mass is 370 g/mol. The Hall–Kier alpha value is -3.25. The first kappa shape index (κ1) is 16.9. The van der Waals surface area contributed by atoms with Crippen molar-refractivity contribution in [2.45, 2.75) is 19.4 Å². The molecule has 1 N–H and O–H groups in total. The minimum absolute atomic E-state index is 0.786. The molecular formula is C22H22N6. The molecule has 0 radical (unpaired) electrons. The highest BCUT2D eigenvalue weighted by Crippen LogP contribution is 2.22. The smallest absolute Gasteiger partial charge is 0.150 e. The third kappa shape index (κ3) is 3.59. The maximum atomic E-state index is 4.66. The van der Waals surface area contributed by atoms with E-state index >= 15 is 0 Å². The van der Waals surface area contributed by atoms with E-state index in [4.69, 9.17) is 0 Å². The molecule has 5 heterocycles. The molecule has 0 bridgehead atoms. The SMILES string of the molecule is c1cncc(-c2ccc3nc(Nc4cc(CN5CCCC5)ccn4)cn3c2)c1. The lowest BCUT2D eigenvalue weighted by Crippen LogP contribution is -2.18. The molecule has 0 aromatic carbocycles. The number of fused-ring (bicyclic) bond motifs is 1. The van der Waals surface area contributed by atoms with Crippen molar-refractivity contribution in [1.82, 2.24) is 24.3 Å². The van der Waals surface area contributed by atoms with E-state index in [1.807, 2.05) is 35.1 Å². The molecule has 28 heavy (non-hydrogen) atoms. The van der Waals surface area contributed by atoms with E-state index in [-0.39, 0.29) is 0 Å². The van der Waals surface area contributed by atoms with Crippen LogP contribution in [0.3, 0.4) is 0 Å². The van der Waals surface area contributed by atoms with Crippen molar-refractivity contribution >= 4 is 17.3 Å². The summed E-state index contributed by atoms with van der Waals surface area (Å²) in [6, 6.07) is 12.3. The van der Waals surface area contributed by atoms with Crippen LogP contribution >= 0.6 is 0 Å². The van der Waals surface area contributed by atoms with Gasteiger partial charge in [0.25, 0.3) is 0 Å².